The summed E-state index contributed by atoms with van der Waals surface area (Å²) in [6, 6.07) is 38.4. The highest BCUT2D eigenvalue weighted by Gasteiger charge is 2.53. The fourth-order valence-electron chi connectivity index (χ4n) is 8.50. The van der Waals surface area contributed by atoms with Gasteiger partial charge in [0.2, 0.25) is 0 Å². The molecule has 4 aliphatic heterocycles. The van der Waals surface area contributed by atoms with Crippen LogP contribution in [0.2, 0.25) is 0 Å². The molecule has 0 bridgehead atoms. The maximum Gasteiger partial charge on any atom is 0.275 e. The zero-order chi connectivity index (χ0) is 27.9. The number of hydrogen-bond donors (Lipinski definition) is 0. The van der Waals surface area contributed by atoms with E-state index in [-0.39, 0.29) is 12.1 Å². The first kappa shape index (κ1) is 22.9. The lowest BCUT2D eigenvalue weighted by atomic mass is 9.35. The van der Waals surface area contributed by atoms with E-state index in [1.165, 1.54) is 83.9 Å². The molecule has 200 valence electrons. The van der Waals surface area contributed by atoms with Gasteiger partial charge in [-0.05, 0) is 70.1 Å². The molecule has 0 N–H and O–H groups in total. The third kappa shape index (κ3) is 2.48. The molecule has 0 atom stereocenters. The van der Waals surface area contributed by atoms with Crippen LogP contribution in [0.1, 0.15) is 30.5 Å². The van der Waals surface area contributed by atoms with Crippen LogP contribution in [0.3, 0.4) is 0 Å². The van der Waals surface area contributed by atoms with Gasteiger partial charge in [0, 0.05) is 51.9 Å². The third-order valence-electron chi connectivity index (χ3n) is 10.1. The van der Waals surface area contributed by atoms with E-state index in [0.29, 0.717) is 6.61 Å². The molecule has 0 saturated carbocycles. The Bertz CT molecular complexity index is 2160. The molecule has 1 aromatic heterocycles. The fourth-order valence-corrected chi connectivity index (χ4v) is 8.50. The summed E-state index contributed by atoms with van der Waals surface area (Å²) in [6.07, 6.45) is 0. The number of aromatic nitrogens is 1. The van der Waals surface area contributed by atoms with Crippen LogP contribution in [0.4, 0.5) is 34.1 Å². The summed E-state index contributed by atoms with van der Waals surface area (Å²) in [7, 11) is 1.77. The van der Waals surface area contributed by atoms with Gasteiger partial charge in [-0.25, -0.2) is 0 Å². The van der Waals surface area contributed by atoms with Gasteiger partial charge < -0.3 is 19.1 Å². The predicted molar refractivity (Wildman–Crippen MR) is 174 cm³/mol. The highest BCUT2D eigenvalue weighted by Crippen LogP contribution is 2.56. The van der Waals surface area contributed by atoms with Gasteiger partial charge in [0.15, 0.2) is 0 Å². The van der Waals surface area contributed by atoms with Gasteiger partial charge >= 0.3 is 0 Å². The summed E-state index contributed by atoms with van der Waals surface area (Å²) >= 11 is 0. The Labute approximate surface area is 245 Å². The Morgan fingerprint density at radius 1 is 0.667 bits per heavy atom. The molecule has 0 saturated heterocycles. The maximum absolute atomic E-state index is 5.58. The van der Waals surface area contributed by atoms with Crippen molar-refractivity contribution in [2.45, 2.75) is 25.9 Å². The summed E-state index contributed by atoms with van der Waals surface area (Å²) < 4.78 is 8.15. The second kappa shape index (κ2) is 7.55. The minimum Gasteiger partial charge on any atom is -0.380 e. The minimum absolute atomic E-state index is 0.106. The van der Waals surface area contributed by atoms with Crippen LogP contribution >= 0.6 is 0 Å². The average Bonchev–Trinajstić information content (AvgIpc) is 3.53. The van der Waals surface area contributed by atoms with Crippen molar-refractivity contribution in [1.29, 1.82) is 0 Å². The van der Waals surface area contributed by atoms with E-state index in [0.717, 1.165) is 0 Å². The molecule has 5 heterocycles. The van der Waals surface area contributed by atoms with Crippen LogP contribution < -0.4 is 26.3 Å². The number of anilines is 6. The molecule has 0 amide bonds. The van der Waals surface area contributed by atoms with Crippen molar-refractivity contribution in [2.75, 3.05) is 16.9 Å². The average molecular weight is 541 g/mol. The lowest BCUT2D eigenvalue weighted by molar-refractivity contribution is 0.185. The number of hydrogen-bond acceptors (Lipinski definition) is 3. The molecule has 6 aromatic rings. The van der Waals surface area contributed by atoms with E-state index in [2.05, 4.69) is 131 Å². The highest BCUT2D eigenvalue weighted by molar-refractivity contribution is 7.02. The monoisotopic (exact) mass is 541 g/mol. The van der Waals surface area contributed by atoms with Gasteiger partial charge in [0.25, 0.3) is 6.71 Å². The molecule has 4 nitrogen and oxygen atoms in total. The van der Waals surface area contributed by atoms with Crippen molar-refractivity contribution in [1.82, 2.24) is 4.57 Å². The molecule has 0 unspecified atom stereocenters. The summed E-state index contributed by atoms with van der Waals surface area (Å²) in [4.78, 5) is 5.08. The van der Waals surface area contributed by atoms with E-state index in [4.69, 9.17) is 4.74 Å². The minimum atomic E-state index is -0.106. The molecule has 0 fully saturated rings. The molecule has 10 rings (SSSR count). The summed E-state index contributed by atoms with van der Waals surface area (Å²) in [6.45, 7) is 5.54. The normalized spacial score (nSPS) is 15.7. The van der Waals surface area contributed by atoms with E-state index in [1.807, 2.05) is 0 Å². The topological polar surface area (TPSA) is 20.6 Å². The van der Waals surface area contributed by atoms with Gasteiger partial charge in [-0.3, -0.25) is 0 Å². The fraction of sp³-hybridized carbons (Fsp3) is 0.135. The Balaban J connectivity index is 1.41. The Hall–Kier alpha value is -4.74. The second-order valence-corrected chi connectivity index (χ2v) is 12.5. The number of nitrogens with zero attached hydrogens (tertiary/aromatic N) is 3. The molecule has 5 heteroatoms. The molecule has 0 radical (unpaired) electrons. The zero-order valence-electron chi connectivity index (χ0n) is 23.8. The Kier molecular flexibility index (Phi) is 4.12. The van der Waals surface area contributed by atoms with Crippen molar-refractivity contribution in [3.05, 3.63) is 120 Å². The van der Waals surface area contributed by atoms with E-state index >= 15 is 0 Å². The lowest BCUT2D eigenvalue weighted by Crippen LogP contribution is -2.60. The van der Waals surface area contributed by atoms with Gasteiger partial charge in [-0.2, -0.15) is 0 Å². The predicted octanol–water partition coefficient (Wildman–Crippen LogP) is 6.81. The number of rotatable bonds is 3. The SMILES string of the molecule is COCc1ccc2c3c4n(c2c1)-c1ccc2c5c1B4c1c(cccc1N3c1ccccc1)N5c1ccccc1C2(C)C. The van der Waals surface area contributed by atoms with Gasteiger partial charge in [0.1, 0.15) is 0 Å². The largest absolute Gasteiger partial charge is 0.380 e. The van der Waals surface area contributed by atoms with Crippen LogP contribution in [0.25, 0.3) is 16.6 Å². The van der Waals surface area contributed by atoms with E-state index < -0.39 is 0 Å². The summed E-state index contributed by atoms with van der Waals surface area (Å²) in [5.74, 6) is 0. The van der Waals surface area contributed by atoms with Crippen molar-refractivity contribution < 1.29 is 4.74 Å². The molecular formula is C37H28BN3O. The van der Waals surface area contributed by atoms with Crippen molar-refractivity contribution in [3.8, 4) is 5.69 Å². The van der Waals surface area contributed by atoms with Crippen LogP contribution in [-0.2, 0) is 16.8 Å². The van der Waals surface area contributed by atoms with Gasteiger partial charge in [-0.15, -0.1) is 0 Å². The summed E-state index contributed by atoms with van der Waals surface area (Å²) in [5.41, 5.74) is 18.3. The summed E-state index contributed by atoms with van der Waals surface area (Å²) in [5, 5.41) is 1.28. The molecule has 0 aliphatic carbocycles. The Morgan fingerprint density at radius 2 is 1.43 bits per heavy atom. The molecule has 5 aromatic carbocycles. The first-order valence-corrected chi connectivity index (χ1v) is 14.8. The third-order valence-corrected chi connectivity index (χ3v) is 10.1. The van der Waals surface area contributed by atoms with Gasteiger partial charge in [-0.1, -0.05) is 74.5 Å². The van der Waals surface area contributed by atoms with Crippen molar-refractivity contribution in [3.63, 3.8) is 0 Å². The quantitative estimate of drug-likeness (QED) is 0.229. The zero-order valence-corrected chi connectivity index (χ0v) is 23.8. The highest BCUT2D eigenvalue weighted by atomic mass is 16.5. The maximum atomic E-state index is 5.58. The second-order valence-electron chi connectivity index (χ2n) is 12.5. The van der Waals surface area contributed by atoms with Crippen LogP contribution in [0.5, 0.6) is 0 Å². The molecule has 0 spiro atoms. The first-order chi connectivity index (χ1) is 20.6. The van der Waals surface area contributed by atoms with Gasteiger partial charge in [0.05, 0.1) is 23.5 Å². The van der Waals surface area contributed by atoms with Crippen LogP contribution in [0.15, 0.2) is 103 Å². The van der Waals surface area contributed by atoms with Crippen molar-refractivity contribution in [2.24, 2.45) is 0 Å². The lowest BCUT2D eigenvalue weighted by Gasteiger charge is -2.48. The molecule has 42 heavy (non-hydrogen) atoms. The first-order valence-electron chi connectivity index (χ1n) is 14.8. The van der Waals surface area contributed by atoms with E-state index in [9.17, 15) is 0 Å². The number of para-hydroxylation sites is 2. The van der Waals surface area contributed by atoms with Crippen LogP contribution in [-0.4, -0.2) is 18.4 Å². The number of fused-ring (bicyclic) bond motifs is 7. The van der Waals surface area contributed by atoms with Crippen molar-refractivity contribution >= 4 is 68.3 Å². The Morgan fingerprint density at radius 3 is 2.26 bits per heavy atom. The van der Waals surface area contributed by atoms with Crippen LogP contribution in [0, 0.1) is 0 Å². The number of benzene rings is 5. The smallest absolute Gasteiger partial charge is 0.275 e. The number of ether oxygens (including phenoxy) is 1. The van der Waals surface area contributed by atoms with E-state index in [1.54, 1.807) is 7.11 Å². The molecular weight excluding hydrogens is 513 g/mol. The molecule has 4 aliphatic rings. The standard InChI is InChI=1S/C37H28BN3O/c1-37(2)25-12-7-8-13-27(25)40-29-15-9-14-28-32(29)38-33-30(19-18-26(37)35(33)40)41-31-20-22(21-42-3)16-17-24(31)34(36(38)41)39(28)23-10-5-4-6-11-23/h4-20H,21H2,1-3H3. The number of methoxy groups -OCH3 is 1.